The summed E-state index contributed by atoms with van der Waals surface area (Å²) >= 11 is 0. The summed E-state index contributed by atoms with van der Waals surface area (Å²) in [5.41, 5.74) is -0.508. The molecule has 1 aliphatic heterocycles. The summed E-state index contributed by atoms with van der Waals surface area (Å²) in [5, 5.41) is -0.290. The van der Waals surface area contributed by atoms with Crippen molar-refractivity contribution in [3.63, 3.8) is 0 Å². The molecule has 1 spiro atoms. The van der Waals surface area contributed by atoms with Crippen molar-refractivity contribution in [2.24, 2.45) is 5.41 Å². The van der Waals surface area contributed by atoms with Gasteiger partial charge in [-0.05, 0) is 50.4 Å². The molecule has 2 saturated carbocycles. The number of ether oxygens (including phenoxy) is 2. The van der Waals surface area contributed by atoms with Crippen LogP contribution in [0.3, 0.4) is 0 Å². The Hall–Kier alpha value is -0.620. The molecule has 0 aromatic rings. The number of rotatable bonds is 5. The SMILES string of the molecule is COC(=O)CC1(CS(=O)(=O)C2CCOC3(CCC3)C2)CC1. The van der Waals surface area contributed by atoms with Crippen LogP contribution in [0.2, 0.25) is 0 Å². The molecule has 0 radical (unpaired) electrons. The lowest BCUT2D eigenvalue weighted by Gasteiger charge is -2.47. The Bertz CT molecular complexity index is 516. The van der Waals surface area contributed by atoms with E-state index in [9.17, 15) is 13.2 Å². The minimum atomic E-state index is -3.17. The molecule has 1 saturated heterocycles. The molecular weight excluding hydrogens is 292 g/mol. The standard InChI is InChI=1S/C15H24O5S/c1-19-13(16)10-14(6-7-14)11-21(17,18)12-3-8-20-15(9-12)4-2-5-15/h12H,2-11H2,1H3. The van der Waals surface area contributed by atoms with Crippen LogP contribution in [0.15, 0.2) is 0 Å². The molecule has 3 fully saturated rings. The van der Waals surface area contributed by atoms with E-state index in [1.54, 1.807) is 0 Å². The Labute approximate surface area is 126 Å². The second-order valence-electron chi connectivity index (χ2n) is 7.06. The van der Waals surface area contributed by atoms with Gasteiger partial charge in [0.2, 0.25) is 0 Å². The highest BCUT2D eigenvalue weighted by atomic mass is 32.2. The van der Waals surface area contributed by atoms with E-state index in [0.29, 0.717) is 19.4 Å². The lowest BCUT2D eigenvalue weighted by atomic mass is 9.75. The van der Waals surface area contributed by atoms with Gasteiger partial charge < -0.3 is 9.47 Å². The monoisotopic (exact) mass is 316 g/mol. The summed E-state index contributed by atoms with van der Waals surface area (Å²) in [4.78, 5) is 11.5. The van der Waals surface area contributed by atoms with Crippen molar-refractivity contribution >= 4 is 15.8 Å². The summed E-state index contributed by atoms with van der Waals surface area (Å²) < 4.78 is 36.0. The zero-order valence-electron chi connectivity index (χ0n) is 12.6. The maximum absolute atomic E-state index is 12.7. The summed E-state index contributed by atoms with van der Waals surface area (Å²) in [5.74, 6) is -0.166. The lowest BCUT2D eigenvalue weighted by Crippen LogP contribution is -2.49. The van der Waals surface area contributed by atoms with E-state index in [2.05, 4.69) is 0 Å². The van der Waals surface area contributed by atoms with Crippen molar-refractivity contribution in [1.82, 2.24) is 0 Å². The molecule has 0 aromatic carbocycles. The Kier molecular flexibility index (Phi) is 3.81. The Morgan fingerprint density at radius 2 is 2.00 bits per heavy atom. The first-order valence-electron chi connectivity index (χ1n) is 7.81. The van der Waals surface area contributed by atoms with Gasteiger partial charge in [-0.3, -0.25) is 4.79 Å². The molecule has 120 valence electrons. The maximum Gasteiger partial charge on any atom is 0.306 e. The predicted molar refractivity (Wildman–Crippen MR) is 77.6 cm³/mol. The van der Waals surface area contributed by atoms with Crippen LogP contribution >= 0.6 is 0 Å². The van der Waals surface area contributed by atoms with Crippen LogP contribution in [0.25, 0.3) is 0 Å². The maximum atomic E-state index is 12.7. The molecule has 2 aliphatic carbocycles. The second-order valence-corrected chi connectivity index (χ2v) is 9.34. The molecule has 0 bridgehead atoms. The molecular formula is C15H24O5S. The van der Waals surface area contributed by atoms with Gasteiger partial charge in [0.25, 0.3) is 0 Å². The number of carbonyl (C=O) groups is 1. The highest BCUT2D eigenvalue weighted by Crippen LogP contribution is 2.51. The number of esters is 1. The van der Waals surface area contributed by atoms with Crippen molar-refractivity contribution in [2.45, 2.75) is 62.2 Å². The molecule has 1 unspecified atom stereocenters. The van der Waals surface area contributed by atoms with Gasteiger partial charge in [-0.1, -0.05) is 0 Å². The van der Waals surface area contributed by atoms with Gasteiger partial charge in [0.05, 0.1) is 30.1 Å². The summed E-state index contributed by atoms with van der Waals surface area (Å²) in [7, 11) is -1.81. The summed E-state index contributed by atoms with van der Waals surface area (Å²) in [6.07, 6.45) is 6.22. The smallest absolute Gasteiger partial charge is 0.306 e. The zero-order chi connectivity index (χ0) is 15.1. The van der Waals surface area contributed by atoms with E-state index in [-0.39, 0.29) is 34.4 Å². The largest absolute Gasteiger partial charge is 0.469 e. The number of sulfone groups is 1. The predicted octanol–water partition coefficient (Wildman–Crippen LogP) is 1.85. The van der Waals surface area contributed by atoms with Crippen LogP contribution in [-0.2, 0) is 24.1 Å². The minimum Gasteiger partial charge on any atom is -0.469 e. The van der Waals surface area contributed by atoms with Gasteiger partial charge in [0.15, 0.2) is 9.84 Å². The van der Waals surface area contributed by atoms with Crippen LogP contribution in [0, 0.1) is 5.41 Å². The van der Waals surface area contributed by atoms with E-state index < -0.39 is 9.84 Å². The number of carbonyl (C=O) groups excluding carboxylic acids is 1. The molecule has 1 atom stereocenters. The number of methoxy groups -OCH3 is 1. The molecule has 21 heavy (non-hydrogen) atoms. The molecule has 3 aliphatic rings. The Morgan fingerprint density at radius 1 is 1.29 bits per heavy atom. The number of hydrogen-bond donors (Lipinski definition) is 0. The van der Waals surface area contributed by atoms with Gasteiger partial charge >= 0.3 is 5.97 Å². The molecule has 0 N–H and O–H groups in total. The van der Waals surface area contributed by atoms with Gasteiger partial charge in [-0.25, -0.2) is 8.42 Å². The molecule has 6 heteroatoms. The number of hydrogen-bond acceptors (Lipinski definition) is 5. The molecule has 1 heterocycles. The van der Waals surface area contributed by atoms with Gasteiger partial charge in [0.1, 0.15) is 0 Å². The van der Waals surface area contributed by atoms with E-state index in [1.165, 1.54) is 7.11 Å². The normalized spacial score (nSPS) is 29.7. The first-order valence-corrected chi connectivity index (χ1v) is 9.53. The molecule has 3 rings (SSSR count). The van der Waals surface area contributed by atoms with Gasteiger partial charge in [-0.15, -0.1) is 0 Å². The topological polar surface area (TPSA) is 69.7 Å². The fraction of sp³-hybridized carbons (Fsp3) is 0.933. The van der Waals surface area contributed by atoms with Crippen molar-refractivity contribution in [1.29, 1.82) is 0 Å². The van der Waals surface area contributed by atoms with Crippen LogP contribution < -0.4 is 0 Å². The third-order valence-electron chi connectivity index (χ3n) is 5.43. The quantitative estimate of drug-likeness (QED) is 0.724. The van der Waals surface area contributed by atoms with Crippen LogP contribution in [0.5, 0.6) is 0 Å². The Morgan fingerprint density at radius 3 is 2.52 bits per heavy atom. The van der Waals surface area contributed by atoms with Gasteiger partial charge in [0, 0.05) is 6.61 Å². The fourth-order valence-corrected chi connectivity index (χ4v) is 6.17. The van der Waals surface area contributed by atoms with Crippen molar-refractivity contribution in [3.05, 3.63) is 0 Å². The van der Waals surface area contributed by atoms with Crippen molar-refractivity contribution in [3.8, 4) is 0 Å². The van der Waals surface area contributed by atoms with Crippen LogP contribution in [0.1, 0.15) is 51.4 Å². The third-order valence-corrected chi connectivity index (χ3v) is 7.86. The molecule has 0 amide bonds. The molecule has 0 aromatic heterocycles. The van der Waals surface area contributed by atoms with E-state index >= 15 is 0 Å². The summed E-state index contributed by atoms with van der Waals surface area (Å²) in [6.45, 7) is 0.550. The fourth-order valence-electron chi connectivity index (χ4n) is 3.68. The first kappa shape index (κ1) is 15.3. The van der Waals surface area contributed by atoms with E-state index in [4.69, 9.17) is 9.47 Å². The minimum absolute atomic E-state index is 0.135. The lowest BCUT2D eigenvalue weighted by molar-refractivity contribution is -0.141. The van der Waals surface area contributed by atoms with Crippen LogP contribution in [-0.4, -0.2) is 44.7 Å². The highest BCUT2D eigenvalue weighted by Gasteiger charge is 2.52. The van der Waals surface area contributed by atoms with E-state index in [0.717, 1.165) is 32.1 Å². The third kappa shape index (κ3) is 3.11. The zero-order valence-corrected chi connectivity index (χ0v) is 13.4. The summed E-state index contributed by atoms with van der Waals surface area (Å²) in [6, 6.07) is 0. The van der Waals surface area contributed by atoms with E-state index in [1.807, 2.05) is 0 Å². The highest BCUT2D eigenvalue weighted by molar-refractivity contribution is 7.92. The van der Waals surface area contributed by atoms with Crippen molar-refractivity contribution < 1.29 is 22.7 Å². The Balaban J connectivity index is 1.65. The average molecular weight is 316 g/mol. The van der Waals surface area contributed by atoms with Gasteiger partial charge in [-0.2, -0.15) is 0 Å². The second kappa shape index (κ2) is 5.23. The van der Waals surface area contributed by atoms with Crippen molar-refractivity contribution in [2.75, 3.05) is 19.5 Å². The average Bonchev–Trinajstić information content (AvgIpc) is 3.15. The van der Waals surface area contributed by atoms with Crippen LogP contribution in [0.4, 0.5) is 0 Å². The first-order chi connectivity index (χ1) is 9.89. The molecule has 5 nitrogen and oxygen atoms in total.